The monoisotopic (exact) mass is 284 g/mol. The molecule has 0 aromatic carbocycles. The lowest BCUT2D eigenvalue weighted by molar-refractivity contribution is -0.142. The van der Waals surface area contributed by atoms with E-state index in [0.29, 0.717) is 0 Å². The standard InChI is InChI=1S/C14H24N2O4/c17-11-7-12(14(19)20)16(8-11)9-13(18)15-10-5-3-1-2-4-6-10/h10-12,17H,1-9H2,(H,15,18)(H,19,20). The molecule has 2 aliphatic rings. The van der Waals surface area contributed by atoms with Crippen LogP contribution in [-0.4, -0.2) is 58.3 Å². The van der Waals surface area contributed by atoms with Gasteiger partial charge in [0.25, 0.3) is 0 Å². The van der Waals surface area contributed by atoms with Crippen LogP contribution in [0.3, 0.4) is 0 Å². The molecule has 0 aromatic heterocycles. The van der Waals surface area contributed by atoms with Gasteiger partial charge in [0.1, 0.15) is 6.04 Å². The van der Waals surface area contributed by atoms with E-state index in [9.17, 15) is 14.7 Å². The van der Waals surface area contributed by atoms with E-state index in [2.05, 4.69) is 5.32 Å². The summed E-state index contributed by atoms with van der Waals surface area (Å²) in [5.74, 6) is -1.10. The number of rotatable bonds is 4. The van der Waals surface area contributed by atoms with Crippen LogP contribution in [0.25, 0.3) is 0 Å². The zero-order valence-electron chi connectivity index (χ0n) is 11.8. The summed E-state index contributed by atoms with van der Waals surface area (Å²) < 4.78 is 0. The van der Waals surface area contributed by atoms with E-state index in [4.69, 9.17) is 5.11 Å². The fraction of sp³-hybridized carbons (Fsp3) is 0.857. The van der Waals surface area contributed by atoms with Gasteiger partial charge in [-0.15, -0.1) is 0 Å². The quantitative estimate of drug-likeness (QED) is 0.648. The molecule has 2 rings (SSSR count). The molecule has 1 heterocycles. The summed E-state index contributed by atoms with van der Waals surface area (Å²) in [6.07, 6.45) is 6.31. The first-order valence-corrected chi connectivity index (χ1v) is 7.50. The van der Waals surface area contributed by atoms with E-state index >= 15 is 0 Å². The maximum absolute atomic E-state index is 12.0. The largest absolute Gasteiger partial charge is 0.480 e. The van der Waals surface area contributed by atoms with E-state index < -0.39 is 18.1 Å². The van der Waals surface area contributed by atoms with Crippen LogP contribution in [0.1, 0.15) is 44.9 Å². The van der Waals surface area contributed by atoms with Crippen molar-refractivity contribution in [2.24, 2.45) is 0 Å². The number of aliphatic hydroxyl groups is 1. The molecular weight excluding hydrogens is 260 g/mol. The molecule has 0 bridgehead atoms. The van der Waals surface area contributed by atoms with E-state index in [0.717, 1.165) is 25.7 Å². The second kappa shape index (κ2) is 7.04. The fourth-order valence-corrected chi connectivity index (χ4v) is 3.19. The Morgan fingerprint density at radius 1 is 1.15 bits per heavy atom. The summed E-state index contributed by atoms with van der Waals surface area (Å²) >= 11 is 0. The topological polar surface area (TPSA) is 89.9 Å². The zero-order valence-corrected chi connectivity index (χ0v) is 11.8. The highest BCUT2D eigenvalue weighted by Gasteiger charge is 2.36. The van der Waals surface area contributed by atoms with E-state index in [1.165, 1.54) is 12.8 Å². The summed E-state index contributed by atoms with van der Waals surface area (Å²) in [4.78, 5) is 24.7. The normalized spacial score (nSPS) is 29.1. The highest BCUT2D eigenvalue weighted by Crippen LogP contribution is 2.19. The molecule has 2 atom stereocenters. The van der Waals surface area contributed by atoms with Crippen molar-refractivity contribution in [3.8, 4) is 0 Å². The molecule has 20 heavy (non-hydrogen) atoms. The van der Waals surface area contributed by atoms with Gasteiger partial charge in [0.15, 0.2) is 0 Å². The molecule has 6 nitrogen and oxygen atoms in total. The number of carboxylic acids is 1. The van der Waals surface area contributed by atoms with Gasteiger partial charge >= 0.3 is 5.97 Å². The molecular formula is C14H24N2O4. The molecule has 0 aromatic rings. The summed E-state index contributed by atoms with van der Waals surface area (Å²) in [5.41, 5.74) is 0. The highest BCUT2D eigenvalue weighted by atomic mass is 16.4. The van der Waals surface area contributed by atoms with Crippen molar-refractivity contribution in [2.75, 3.05) is 13.1 Å². The van der Waals surface area contributed by atoms with Gasteiger partial charge in [0.2, 0.25) is 5.91 Å². The van der Waals surface area contributed by atoms with Crippen molar-refractivity contribution in [1.29, 1.82) is 0 Å². The lowest BCUT2D eigenvalue weighted by Gasteiger charge is -2.22. The third kappa shape index (κ3) is 4.18. The summed E-state index contributed by atoms with van der Waals surface area (Å²) in [5, 5.41) is 21.6. The Balaban J connectivity index is 1.82. The second-order valence-electron chi connectivity index (χ2n) is 5.93. The number of aliphatic hydroxyl groups excluding tert-OH is 1. The van der Waals surface area contributed by atoms with Crippen LogP contribution >= 0.6 is 0 Å². The molecule has 0 radical (unpaired) electrons. The van der Waals surface area contributed by atoms with Gasteiger partial charge in [-0.2, -0.15) is 0 Å². The van der Waals surface area contributed by atoms with Crippen molar-refractivity contribution in [2.45, 2.75) is 63.1 Å². The van der Waals surface area contributed by atoms with Gasteiger partial charge < -0.3 is 15.5 Å². The Labute approximate surface area is 119 Å². The maximum Gasteiger partial charge on any atom is 0.321 e. The van der Waals surface area contributed by atoms with Crippen LogP contribution in [0.15, 0.2) is 0 Å². The summed E-state index contributed by atoms with van der Waals surface area (Å²) in [6, 6.07) is -0.523. The third-order valence-corrected chi connectivity index (χ3v) is 4.23. The Morgan fingerprint density at radius 3 is 2.40 bits per heavy atom. The number of hydrogen-bond acceptors (Lipinski definition) is 4. The predicted octanol–water partition coefficient (Wildman–Crippen LogP) is 0.345. The average Bonchev–Trinajstić information content (AvgIpc) is 2.59. The van der Waals surface area contributed by atoms with E-state index in [1.807, 2.05) is 0 Å². The molecule has 1 saturated heterocycles. The lowest BCUT2D eigenvalue weighted by atomic mass is 10.1. The number of hydrogen-bond donors (Lipinski definition) is 3. The van der Waals surface area contributed by atoms with E-state index in [1.54, 1.807) is 4.90 Å². The number of carbonyl (C=O) groups excluding carboxylic acids is 1. The molecule has 6 heteroatoms. The van der Waals surface area contributed by atoms with Crippen LogP contribution in [-0.2, 0) is 9.59 Å². The number of β-amino-alcohol motifs (C(OH)–C–C–N with tert-alkyl or cyclic N) is 1. The first-order chi connectivity index (χ1) is 9.56. The average molecular weight is 284 g/mol. The molecule has 2 fully saturated rings. The van der Waals surface area contributed by atoms with Crippen molar-refractivity contribution in [1.82, 2.24) is 10.2 Å². The van der Waals surface area contributed by atoms with Crippen molar-refractivity contribution in [3.05, 3.63) is 0 Å². The van der Waals surface area contributed by atoms with Gasteiger partial charge in [-0.25, -0.2) is 0 Å². The molecule has 2 unspecified atom stereocenters. The number of carboxylic acid groups (broad SMARTS) is 1. The van der Waals surface area contributed by atoms with Crippen molar-refractivity contribution < 1.29 is 19.8 Å². The maximum atomic E-state index is 12.0. The SMILES string of the molecule is O=C(CN1CC(O)CC1C(=O)O)NC1CCCCCC1. The zero-order chi connectivity index (χ0) is 14.5. The Hall–Kier alpha value is -1.14. The van der Waals surface area contributed by atoms with Crippen LogP contribution in [0.5, 0.6) is 0 Å². The minimum absolute atomic E-state index is 0.0600. The first-order valence-electron chi connectivity index (χ1n) is 7.50. The molecule has 3 N–H and O–H groups in total. The number of nitrogens with zero attached hydrogens (tertiary/aromatic N) is 1. The van der Waals surface area contributed by atoms with Gasteiger partial charge in [-0.05, 0) is 12.8 Å². The van der Waals surface area contributed by atoms with Crippen molar-refractivity contribution >= 4 is 11.9 Å². The number of amides is 1. The van der Waals surface area contributed by atoms with Gasteiger partial charge in [-0.3, -0.25) is 14.5 Å². The predicted molar refractivity (Wildman–Crippen MR) is 73.3 cm³/mol. The van der Waals surface area contributed by atoms with Gasteiger partial charge in [-0.1, -0.05) is 25.7 Å². The second-order valence-corrected chi connectivity index (χ2v) is 5.93. The minimum atomic E-state index is -0.969. The minimum Gasteiger partial charge on any atom is -0.480 e. The molecule has 1 amide bonds. The molecule has 0 spiro atoms. The van der Waals surface area contributed by atoms with Gasteiger partial charge in [0, 0.05) is 19.0 Å². The lowest BCUT2D eigenvalue weighted by Crippen LogP contribution is -2.45. The van der Waals surface area contributed by atoms with E-state index in [-0.39, 0.29) is 31.5 Å². The molecule has 114 valence electrons. The number of likely N-dealkylation sites (tertiary alicyclic amines) is 1. The molecule has 1 aliphatic heterocycles. The Kier molecular flexibility index (Phi) is 5.37. The summed E-state index contributed by atoms with van der Waals surface area (Å²) in [7, 11) is 0. The third-order valence-electron chi connectivity index (χ3n) is 4.23. The highest BCUT2D eigenvalue weighted by molar-refractivity contribution is 5.80. The summed E-state index contributed by atoms with van der Waals surface area (Å²) in [6.45, 7) is 0.319. The number of aliphatic carboxylic acids is 1. The van der Waals surface area contributed by atoms with Crippen LogP contribution in [0.2, 0.25) is 0 Å². The van der Waals surface area contributed by atoms with Crippen LogP contribution in [0.4, 0.5) is 0 Å². The smallest absolute Gasteiger partial charge is 0.321 e. The van der Waals surface area contributed by atoms with Crippen molar-refractivity contribution in [3.63, 3.8) is 0 Å². The van der Waals surface area contributed by atoms with Crippen LogP contribution in [0, 0.1) is 0 Å². The fourth-order valence-electron chi connectivity index (χ4n) is 3.19. The first kappa shape index (κ1) is 15.3. The van der Waals surface area contributed by atoms with Gasteiger partial charge in [0.05, 0.1) is 12.6 Å². The molecule has 1 saturated carbocycles. The molecule has 1 aliphatic carbocycles. The Morgan fingerprint density at radius 2 is 1.80 bits per heavy atom. The number of carbonyl (C=O) groups is 2. The van der Waals surface area contributed by atoms with Crippen LogP contribution < -0.4 is 5.32 Å². The Bertz CT molecular complexity index is 353. The number of nitrogens with one attached hydrogen (secondary N) is 1.